The smallest absolute Gasteiger partial charge is 0.262 e. The molecule has 41 heavy (non-hydrogen) atoms. The number of para-hydroxylation sites is 3. The van der Waals surface area contributed by atoms with Crippen molar-refractivity contribution in [2.24, 2.45) is 0 Å². The van der Waals surface area contributed by atoms with Gasteiger partial charge in [0.25, 0.3) is 11.5 Å². The SMILES string of the molecule is CC[C@@H](Sc1nc2ccccc2c(=O)n1Cc1ccc(C(=O)NC2CCCC2)cc1)C(=O)Nc1ccccc1OC. The largest absolute Gasteiger partial charge is 0.495 e. The molecule has 0 aliphatic heterocycles. The number of fused-ring (bicyclic) bond motifs is 1. The number of carbonyl (C=O) groups excluding carboxylic acids is 2. The van der Waals surface area contributed by atoms with Gasteiger partial charge in [0.2, 0.25) is 5.91 Å². The van der Waals surface area contributed by atoms with Crippen LogP contribution in [0.1, 0.15) is 54.9 Å². The third-order valence-corrected chi connectivity index (χ3v) is 8.70. The summed E-state index contributed by atoms with van der Waals surface area (Å²) in [5.74, 6) is 0.298. The van der Waals surface area contributed by atoms with E-state index in [1.165, 1.54) is 11.8 Å². The Balaban J connectivity index is 1.40. The maximum atomic E-state index is 13.7. The van der Waals surface area contributed by atoms with E-state index in [0.717, 1.165) is 31.2 Å². The van der Waals surface area contributed by atoms with Crippen molar-refractivity contribution in [3.63, 3.8) is 0 Å². The third kappa shape index (κ3) is 6.62. The van der Waals surface area contributed by atoms with E-state index in [2.05, 4.69) is 10.6 Å². The van der Waals surface area contributed by atoms with Crippen molar-refractivity contribution in [1.29, 1.82) is 0 Å². The Morgan fingerprint density at radius 2 is 1.73 bits per heavy atom. The molecule has 8 nitrogen and oxygen atoms in total. The van der Waals surface area contributed by atoms with Crippen molar-refractivity contribution < 1.29 is 14.3 Å². The topological polar surface area (TPSA) is 102 Å². The van der Waals surface area contributed by atoms with E-state index in [1.54, 1.807) is 48.1 Å². The number of benzene rings is 3. The normalized spacial score (nSPS) is 14.1. The number of nitrogens with one attached hydrogen (secondary N) is 2. The molecule has 2 amide bonds. The number of nitrogens with zero attached hydrogens (tertiary/aromatic N) is 2. The molecule has 0 bridgehead atoms. The summed E-state index contributed by atoms with van der Waals surface area (Å²) in [5, 5.41) is 6.54. The van der Waals surface area contributed by atoms with Gasteiger partial charge < -0.3 is 15.4 Å². The molecule has 212 valence electrons. The van der Waals surface area contributed by atoms with Crippen molar-refractivity contribution in [3.8, 4) is 5.75 Å². The van der Waals surface area contributed by atoms with Gasteiger partial charge in [0.1, 0.15) is 5.75 Å². The Morgan fingerprint density at radius 3 is 2.46 bits per heavy atom. The zero-order chi connectivity index (χ0) is 28.8. The molecular formula is C32H34N4O4S. The van der Waals surface area contributed by atoms with Crippen LogP contribution >= 0.6 is 11.8 Å². The molecule has 0 spiro atoms. The Bertz CT molecular complexity index is 1600. The molecule has 1 aliphatic carbocycles. The molecule has 1 aliphatic rings. The van der Waals surface area contributed by atoms with Gasteiger partial charge in [0.15, 0.2) is 5.16 Å². The second kappa shape index (κ2) is 13.0. The first kappa shape index (κ1) is 28.4. The van der Waals surface area contributed by atoms with Gasteiger partial charge in [0.05, 0.1) is 35.5 Å². The lowest BCUT2D eigenvalue weighted by Gasteiger charge is -2.19. The van der Waals surface area contributed by atoms with Crippen LogP contribution in [-0.4, -0.2) is 39.8 Å². The standard InChI is InChI=1S/C32H34N4O4S/c1-3-28(30(38)34-26-14-8-9-15-27(26)40-2)41-32-35-25-13-7-6-12-24(25)31(39)36(32)20-21-16-18-22(19-17-21)29(37)33-23-10-4-5-11-23/h6-9,12-19,23,28H,3-5,10-11,20H2,1-2H3,(H,33,37)(H,34,38)/t28-/m1/s1. The number of rotatable bonds is 10. The third-order valence-electron chi connectivity index (χ3n) is 7.35. The summed E-state index contributed by atoms with van der Waals surface area (Å²) in [6, 6.07) is 22.0. The number of carbonyl (C=O) groups is 2. The zero-order valence-electron chi connectivity index (χ0n) is 23.3. The fourth-order valence-corrected chi connectivity index (χ4v) is 6.08. The van der Waals surface area contributed by atoms with Crippen LogP contribution in [0.15, 0.2) is 82.7 Å². The molecule has 0 radical (unpaired) electrons. The minimum atomic E-state index is -0.499. The van der Waals surface area contributed by atoms with Crippen molar-refractivity contribution in [3.05, 3.63) is 94.3 Å². The van der Waals surface area contributed by atoms with E-state index in [9.17, 15) is 14.4 Å². The highest BCUT2D eigenvalue weighted by molar-refractivity contribution is 8.00. The van der Waals surface area contributed by atoms with E-state index >= 15 is 0 Å². The number of hydrogen-bond acceptors (Lipinski definition) is 6. The highest BCUT2D eigenvalue weighted by Crippen LogP contribution is 2.29. The summed E-state index contributed by atoms with van der Waals surface area (Å²) in [4.78, 5) is 44.5. The Morgan fingerprint density at radius 1 is 1.02 bits per heavy atom. The fourth-order valence-electron chi connectivity index (χ4n) is 5.07. The van der Waals surface area contributed by atoms with Gasteiger partial charge in [-0.1, -0.05) is 67.9 Å². The minimum absolute atomic E-state index is 0.0731. The number of aromatic nitrogens is 2. The van der Waals surface area contributed by atoms with E-state index in [-0.39, 0.29) is 30.0 Å². The highest BCUT2D eigenvalue weighted by atomic mass is 32.2. The van der Waals surface area contributed by atoms with Crippen LogP contribution in [0.5, 0.6) is 5.75 Å². The second-order valence-corrected chi connectivity index (χ2v) is 11.3. The number of anilines is 1. The maximum absolute atomic E-state index is 13.7. The van der Waals surface area contributed by atoms with Crippen LogP contribution in [0, 0.1) is 0 Å². The lowest BCUT2D eigenvalue weighted by Crippen LogP contribution is -2.32. The van der Waals surface area contributed by atoms with Crippen LogP contribution in [0.3, 0.4) is 0 Å². The van der Waals surface area contributed by atoms with Crippen molar-refractivity contribution in [2.45, 2.75) is 62.0 Å². The zero-order valence-corrected chi connectivity index (χ0v) is 24.1. The monoisotopic (exact) mass is 570 g/mol. The lowest BCUT2D eigenvalue weighted by atomic mass is 10.1. The summed E-state index contributed by atoms with van der Waals surface area (Å²) >= 11 is 1.27. The molecule has 1 saturated carbocycles. The molecule has 0 unspecified atom stereocenters. The van der Waals surface area contributed by atoms with Gasteiger partial charge in [-0.15, -0.1) is 0 Å². The highest BCUT2D eigenvalue weighted by Gasteiger charge is 2.23. The average molecular weight is 571 g/mol. The summed E-state index contributed by atoms with van der Waals surface area (Å²) in [5.41, 5.74) is 2.43. The number of ether oxygens (including phenoxy) is 1. The molecule has 1 atom stereocenters. The fraction of sp³-hybridized carbons (Fsp3) is 0.312. The molecule has 3 aromatic carbocycles. The van der Waals surface area contributed by atoms with Crippen molar-refractivity contribution in [1.82, 2.24) is 14.9 Å². The van der Waals surface area contributed by atoms with Gasteiger partial charge in [-0.25, -0.2) is 4.98 Å². The first-order chi connectivity index (χ1) is 20.0. The molecule has 2 N–H and O–H groups in total. The van der Waals surface area contributed by atoms with E-state index in [1.807, 2.05) is 43.3 Å². The molecule has 1 heterocycles. The number of thioether (sulfide) groups is 1. The van der Waals surface area contributed by atoms with Gasteiger partial charge in [-0.2, -0.15) is 0 Å². The van der Waals surface area contributed by atoms with Crippen LogP contribution in [0.25, 0.3) is 10.9 Å². The van der Waals surface area contributed by atoms with E-state index < -0.39 is 5.25 Å². The molecule has 1 aromatic heterocycles. The predicted molar refractivity (Wildman–Crippen MR) is 163 cm³/mol. The van der Waals surface area contributed by atoms with Gasteiger partial charge in [0, 0.05) is 11.6 Å². The quantitative estimate of drug-likeness (QED) is 0.189. The van der Waals surface area contributed by atoms with Crippen LogP contribution in [0.2, 0.25) is 0 Å². The Labute approximate surface area is 243 Å². The molecule has 5 rings (SSSR count). The first-order valence-corrected chi connectivity index (χ1v) is 14.8. The van der Waals surface area contributed by atoms with Gasteiger partial charge >= 0.3 is 0 Å². The van der Waals surface area contributed by atoms with E-state index in [0.29, 0.717) is 39.5 Å². The first-order valence-electron chi connectivity index (χ1n) is 14.0. The Kier molecular flexibility index (Phi) is 9.04. The summed E-state index contributed by atoms with van der Waals surface area (Å²) in [6.45, 7) is 2.19. The minimum Gasteiger partial charge on any atom is -0.495 e. The predicted octanol–water partition coefficient (Wildman–Crippen LogP) is 5.64. The number of hydrogen-bond donors (Lipinski definition) is 2. The van der Waals surface area contributed by atoms with Crippen LogP contribution in [0.4, 0.5) is 5.69 Å². The van der Waals surface area contributed by atoms with E-state index in [4.69, 9.17) is 9.72 Å². The maximum Gasteiger partial charge on any atom is 0.262 e. The summed E-state index contributed by atoms with van der Waals surface area (Å²) < 4.78 is 6.99. The second-order valence-electron chi connectivity index (χ2n) is 10.2. The molecule has 4 aromatic rings. The average Bonchev–Trinajstić information content (AvgIpc) is 3.51. The molecule has 9 heteroatoms. The molecule has 1 fully saturated rings. The molecule has 0 saturated heterocycles. The van der Waals surface area contributed by atoms with Crippen LogP contribution in [-0.2, 0) is 11.3 Å². The Hall–Kier alpha value is -4.11. The lowest BCUT2D eigenvalue weighted by molar-refractivity contribution is -0.115. The summed E-state index contributed by atoms with van der Waals surface area (Å²) in [7, 11) is 1.56. The number of methoxy groups -OCH3 is 1. The van der Waals surface area contributed by atoms with Crippen LogP contribution < -0.4 is 20.9 Å². The van der Waals surface area contributed by atoms with Crippen molar-refractivity contribution in [2.75, 3.05) is 12.4 Å². The van der Waals surface area contributed by atoms with Gasteiger partial charge in [-0.3, -0.25) is 19.0 Å². The summed E-state index contributed by atoms with van der Waals surface area (Å²) in [6.07, 6.45) is 4.88. The molecular weight excluding hydrogens is 536 g/mol. The van der Waals surface area contributed by atoms with Crippen molar-refractivity contribution >= 4 is 40.2 Å². The van der Waals surface area contributed by atoms with Gasteiger partial charge in [-0.05, 0) is 61.2 Å². The number of amides is 2.